The Labute approximate surface area is 100 Å². The van der Waals surface area contributed by atoms with Crippen molar-refractivity contribution in [2.45, 2.75) is 6.92 Å². The second-order valence-corrected chi connectivity index (χ2v) is 3.81. The summed E-state index contributed by atoms with van der Waals surface area (Å²) in [5.74, 6) is 0. The molecule has 0 heterocycles. The molecule has 2 rings (SSSR count). The fraction of sp³-hybridized carbons (Fsp3) is 0.0714. The van der Waals surface area contributed by atoms with Crippen LogP contribution in [0.2, 0.25) is 0 Å². The van der Waals surface area contributed by atoms with Crippen molar-refractivity contribution in [3.63, 3.8) is 0 Å². The van der Waals surface area contributed by atoms with E-state index in [9.17, 15) is 4.79 Å². The number of amides is 2. The number of hydrogen-bond acceptors (Lipinski definition) is 1. The molecular formula is C14H14N2O. The average Bonchev–Trinajstić information content (AvgIpc) is 2.30. The van der Waals surface area contributed by atoms with Gasteiger partial charge in [-0.3, -0.25) is 0 Å². The minimum absolute atomic E-state index is 0.234. The van der Waals surface area contributed by atoms with Crippen LogP contribution < -0.4 is 10.6 Å². The lowest BCUT2D eigenvalue weighted by Gasteiger charge is -2.07. The number of rotatable bonds is 2. The number of aryl methyl sites for hydroxylation is 1. The molecule has 0 saturated heterocycles. The van der Waals surface area contributed by atoms with Crippen LogP contribution in [0.1, 0.15) is 5.56 Å². The van der Waals surface area contributed by atoms with Crippen LogP contribution in [0.25, 0.3) is 0 Å². The number of urea groups is 1. The molecule has 2 N–H and O–H groups in total. The van der Waals surface area contributed by atoms with Crippen LogP contribution in [0.5, 0.6) is 0 Å². The van der Waals surface area contributed by atoms with Crippen LogP contribution in [0.4, 0.5) is 16.2 Å². The summed E-state index contributed by atoms with van der Waals surface area (Å²) in [7, 11) is 0. The molecule has 0 aliphatic carbocycles. The van der Waals surface area contributed by atoms with Crippen LogP contribution in [0.15, 0.2) is 54.6 Å². The van der Waals surface area contributed by atoms with Gasteiger partial charge in [0.1, 0.15) is 0 Å². The molecule has 0 aromatic heterocycles. The highest BCUT2D eigenvalue weighted by atomic mass is 16.2. The van der Waals surface area contributed by atoms with Crippen LogP contribution >= 0.6 is 0 Å². The van der Waals surface area contributed by atoms with Crippen molar-refractivity contribution in [1.82, 2.24) is 0 Å². The van der Waals surface area contributed by atoms with Gasteiger partial charge in [0.2, 0.25) is 0 Å². The number of para-hydroxylation sites is 1. The predicted octanol–water partition coefficient (Wildman–Crippen LogP) is 3.64. The SMILES string of the molecule is Cc1cccc(NC(=O)Nc2ccccc2)c1. The van der Waals surface area contributed by atoms with E-state index in [0.717, 1.165) is 16.9 Å². The zero-order valence-electron chi connectivity index (χ0n) is 9.60. The van der Waals surface area contributed by atoms with Crippen molar-refractivity contribution in [3.8, 4) is 0 Å². The van der Waals surface area contributed by atoms with Gasteiger partial charge < -0.3 is 10.6 Å². The molecule has 0 saturated carbocycles. The summed E-state index contributed by atoms with van der Waals surface area (Å²) >= 11 is 0. The zero-order chi connectivity index (χ0) is 12.1. The van der Waals surface area contributed by atoms with Crippen LogP contribution in [-0.4, -0.2) is 6.03 Å². The van der Waals surface area contributed by atoms with E-state index in [1.54, 1.807) is 0 Å². The van der Waals surface area contributed by atoms with E-state index in [2.05, 4.69) is 10.6 Å². The van der Waals surface area contributed by atoms with Crippen molar-refractivity contribution < 1.29 is 4.79 Å². The summed E-state index contributed by atoms with van der Waals surface area (Å²) in [6, 6.07) is 16.8. The monoisotopic (exact) mass is 226 g/mol. The first-order valence-electron chi connectivity index (χ1n) is 5.44. The summed E-state index contributed by atoms with van der Waals surface area (Å²) < 4.78 is 0. The summed E-state index contributed by atoms with van der Waals surface area (Å²) in [6.07, 6.45) is 0. The van der Waals surface area contributed by atoms with Gasteiger partial charge in [-0.05, 0) is 36.8 Å². The van der Waals surface area contributed by atoms with Crippen molar-refractivity contribution in [3.05, 3.63) is 60.2 Å². The van der Waals surface area contributed by atoms with Crippen LogP contribution in [0.3, 0.4) is 0 Å². The van der Waals surface area contributed by atoms with Gasteiger partial charge >= 0.3 is 6.03 Å². The highest BCUT2D eigenvalue weighted by Gasteiger charge is 2.01. The highest BCUT2D eigenvalue weighted by molar-refractivity contribution is 5.99. The third-order valence-electron chi connectivity index (χ3n) is 2.31. The standard InChI is InChI=1S/C14H14N2O/c1-11-6-5-9-13(10-11)16-14(17)15-12-7-3-2-4-8-12/h2-10H,1H3,(H2,15,16,17). The molecule has 0 radical (unpaired) electrons. The molecule has 17 heavy (non-hydrogen) atoms. The Hall–Kier alpha value is -2.29. The lowest BCUT2D eigenvalue weighted by Crippen LogP contribution is -2.19. The molecule has 0 atom stereocenters. The van der Waals surface area contributed by atoms with E-state index >= 15 is 0 Å². The number of carbonyl (C=O) groups excluding carboxylic acids is 1. The topological polar surface area (TPSA) is 41.1 Å². The van der Waals surface area contributed by atoms with Gasteiger partial charge in [0.25, 0.3) is 0 Å². The van der Waals surface area contributed by atoms with Gasteiger partial charge in [-0.1, -0.05) is 30.3 Å². The highest BCUT2D eigenvalue weighted by Crippen LogP contribution is 2.11. The Kier molecular flexibility index (Phi) is 3.40. The Morgan fingerprint density at radius 2 is 1.53 bits per heavy atom. The first-order valence-corrected chi connectivity index (χ1v) is 5.44. The Morgan fingerprint density at radius 3 is 2.24 bits per heavy atom. The van der Waals surface area contributed by atoms with Crippen molar-refractivity contribution in [1.29, 1.82) is 0 Å². The molecule has 0 aliphatic heterocycles. The Bertz CT molecular complexity index is 509. The van der Waals surface area contributed by atoms with Gasteiger partial charge in [-0.25, -0.2) is 4.79 Å². The number of benzene rings is 2. The van der Waals surface area contributed by atoms with Gasteiger partial charge in [0.15, 0.2) is 0 Å². The van der Waals surface area contributed by atoms with Gasteiger partial charge in [-0.2, -0.15) is 0 Å². The van der Waals surface area contributed by atoms with E-state index in [-0.39, 0.29) is 6.03 Å². The number of anilines is 2. The maximum absolute atomic E-state index is 11.7. The molecule has 2 aromatic carbocycles. The largest absolute Gasteiger partial charge is 0.323 e. The normalized spacial score (nSPS) is 9.71. The molecule has 0 aliphatic rings. The third-order valence-corrected chi connectivity index (χ3v) is 2.31. The third kappa shape index (κ3) is 3.34. The van der Waals surface area contributed by atoms with Crippen LogP contribution in [-0.2, 0) is 0 Å². The maximum Gasteiger partial charge on any atom is 0.323 e. The minimum Gasteiger partial charge on any atom is -0.308 e. The van der Waals surface area contributed by atoms with Gasteiger partial charge in [0, 0.05) is 11.4 Å². The first-order chi connectivity index (χ1) is 8.24. The van der Waals surface area contributed by atoms with E-state index in [4.69, 9.17) is 0 Å². The van der Waals surface area contributed by atoms with E-state index in [1.807, 2.05) is 61.5 Å². The molecule has 0 fully saturated rings. The average molecular weight is 226 g/mol. The Balaban J connectivity index is 1.98. The molecule has 2 amide bonds. The zero-order valence-corrected chi connectivity index (χ0v) is 9.60. The second-order valence-electron chi connectivity index (χ2n) is 3.81. The van der Waals surface area contributed by atoms with Crippen molar-refractivity contribution >= 4 is 17.4 Å². The molecule has 0 spiro atoms. The van der Waals surface area contributed by atoms with Gasteiger partial charge in [0.05, 0.1) is 0 Å². The maximum atomic E-state index is 11.7. The molecule has 0 bridgehead atoms. The number of carbonyl (C=O) groups is 1. The lowest BCUT2D eigenvalue weighted by molar-refractivity contribution is 0.262. The smallest absolute Gasteiger partial charge is 0.308 e. The molecule has 3 nitrogen and oxygen atoms in total. The fourth-order valence-corrected chi connectivity index (χ4v) is 1.54. The summed E-state index contributed by atoms with van der Waals surface area (Å²) in [5, 5.41) is 5.54. The first kappa shape index (κ1) is 11.2. The predicted molar refractivity (Wildman–Crippen MR) is 70.3 cm³/mol. The minimum atomic E-state index is -0.234. The van der Waals surface area contributed by atoms with Crippen molar-refractivity contribution in [2.24, 2.45) is 0 Å². The molecule has 0 unspecified atom stereocenters. The fourth-order valence-electron chi connectivity index (χ4n) is 1.54. The molecule has 3 heteroatoms. The Morgan fingerprint density at radius 1 is 0.882 bits per heavy atom. The van der Waals surface area contributed by atoms with E-state index in [0.29, 0.717) is 0 Å². The molecule has 2 aromatic rings. The lowest BCUT2D eigenvalue weighted by atomic mass is 10.2. The quantitative estimate of drug-likeness (QED) is 0.806. The second kappa shape index (κ2) is 5.16. The van der Waals surface area contributed by atoms with Crippen LogP contribution in [0, 0.1) is 6.92 Å². The number of hydrogen-bond donors (Lipinski definition) is 2. The van der Waals surface area contributed by atoms with Gasteiger partial charge in [-0.15, -0.1) is 0 Å². The number of nitrogens with one attached hydrogen (secondary N) is 2. The van der Waals surface area contributed by atoms with E-state index < -0.39 is 0 Å². The molecule has 86 valence electrons. The van der Waals surface area contributed by atoms with Crippen molar-refractivity contribution in [2.75, 3.05) is 10.6 Å². The van der Waals surface area contributed by atoms with E-state index in [1.165, 1.54) is 0 Å². The summed E-state index contributed by atoms with van der Waals surface area (Å²) in [6.45, 7) is 1.99. The summed E-state index contributed by atoms with van der Waals surface area (Å²) in [4.78, 5) is 11.7. The summed E-state index contributed by atoms with van der Waals surface area (Å²) in [5.41, 5.74) is 2.68. The molecular weight excluding hydrogens is 212 g/mol.